The lowest BCUT2D eigenvalue weighted by molar-refractivity contribution is -0.870. The standard InChI is InChI=1S/C46H80NO9P/c1-6-8-10-12-14-15-16-17-18-19-20-21-22-23-25-29-33-37-45(49)53-41-44(42-55-57(51,52)54-40-39-47(3,4)5)56-46(50)38-34-30-26-28-32-36-43(48)35-31-27-24-13-11-9-7-2/h14-15,17-18,20-21,24,27,31,35,44H,6-13,16,19,22-23,25-26,28-30,32-34,36-42H2,1-5H3/b15-14-,18-17-,21-20-,27-24-,35-31+/t44-/m1/s1. The molecule has 2 atom stereocenters. The predicted octanol–water partition coefficient (Wildman–Crippen LogP) is 11.0. The molecule has 0 saturated heterocycles. The summed E-state index contributed by atoms with van der Waals surface area (Å²) in [5.74, 6) is -0.845. The fourth-order valence-corrected chi connectivity index (χ4v) is 6.19. The highest BCUT2D eigenvalue weighted by Crippen LogP contribution is 2.38. The minimum Gasteiger partial charge on any atom is -0.756 e. The van der Waals surface area contributed by atoms with Crippen LogP contribution in [-0.4, -0.2) is 75.8 Å². The largest absolute Gasteiger partial charge is 0.756 e. The van der Waals surface area contributed by atoms with E-state index in [-0.39, 0.29) is 31.8 Å². The Kier molecular flexibility index (Phi) is 35.9. The SMILES string of the molecule is CCCCC/C=C\C=C\C(=O)CCCCCCCC(=O)O[C@H](COC(=O)CCCCCC/C=C\C/C=C\C/C=C\CCCCC)COP(=O)([O-])OCC[N+](C)(C)C. The number of likely N-dealkylation sites (N-methyl/N-ethyl adjacent to an activating group) is 1. The third kappa shape index (κ3) is 41.3. The molecule has 0 aromatic heterocycles. The number of ketones is 1. The second kappa shape index (κ2) is 37.6. The van der Waals surface area contributed by atoms with Crippen LogP contribution >= 0.6 is 7.82 Å². The Hall–Kier alpha value is -2.62. The summed E-state index contributed by atoms with van der Waals surface area (Å²) in [6.07, 6.45) is 40.6. The zero-order valence-corrected chi connectivity index (χ0v) is 37.4. The van der Waals surface area contributed by atoms with Gasteiger partial charge in [-0.15, -0.1) is 0 Å². The van der Waals surface area contributed by atoms with Gasteiger partial charge in [0.2, 0.25) is 0 Å². The molecule has 0 aliphatic heterocycles. The lowest BCUT2D eigenvalue weighted by atomic mass is 10.1. The van der Waals surface area contributed by atoms with E-state index >= 15 is 0 Å². The number of hydrogen-bond donors (Lipinski definition) is 0. The van der Waals surface area contributed by atoms with Crippen molar-refractivity contribution in [3.05, 3.63) is 60.8 Å². The molecule has 0 amide bonds. The van der Waals surface area contributed by atoms with Gasteiger partial charge < -0.3 is 27.9 Å². The van der Waals surface area contributed by atoms with Crippen molar-refractivity contribution in [2.45, 2.75) is 168 Å². The molecule has 0 rings (SSSR count). The molecular weight excluding hydrogens is 741 g/mol. The average Bonchev–Trinajstić information content (AvgIpc) is 3.15. The van der Waals surface area contributed by atoms with Crippen LogP contribution < -0.4 is 4.89 Å². The summed E-state index contributed by atoms with van der Waals surface area (Å²) in [5.41, 5.74) is 0. The van der Waals surface area contributed by atoms with Crippen molar-refractivity contribution in [3.63, 3.8) is 0 Å². The van der Waals surface area contributed by atoms with Crippen molar-refractivity contribution in [2.24, 2.45) is 0 Å². The molecule has 0 aliphatic carbocycles. The fraction of sp³-hybridized carbons (Fsp3) is 0.717. The van der Waals surface area contributed by atoms with Gasteiger partial charge in [0.15, 0.2) is 11.9 Å². The molecule has 0 fully saturated rings. The maximum atomic E-state index is 12.7. The Balaban J connectivity index is 4.50. The number of nitrogens with zero attached hydrogens (tertiary/aromatic N) is 1. The number of hydrogen-bond acceptors (Lipinski definition) is 9. The highest BCUT2D eigenvalue weighted by atomic mass is 31.2. The summed E-state index contributed by atoms with van der Waals surface area (Å²) in [6.45, 7) is 3.96. The Bertz CT molecular complexity index is 1220. The van der Waals surface area contributed by atoms with Crippen LogP contribution in [0.15, 0.2) is 60.8 Å². The molecule has 1 unspecified atom stereocenters. The third-order valence-electron chi connectivity index (χ3n) is 8.99. The number of quaternary nitrogens is 1. The molecule has 0 radical (unpaired) electrons. The number of esters is 2. The molecule has 10 nitrogen and oxygen atoms in total. The zero-order chi connectivity index (χ0) is 42.3. The maximum absolute atomic E-state index is 12.7. The third-order valence-corrected chi connectivity index (χ3v) is 9.95. The van der Waals surface area contributed by atoms with Gasteiger partial charge in [-0.25, -0.2) is 0 Å². The van der Waals surface area contributed by atoms with E-state index in [1.165, 1.54) is 44.9 Å². The lowest BCUT2D eigenvalue weighted by Crippen LogP contribution is -2.37. The van der Waals surface area contributed by atoms with Crippen molar-refractivity contribution < 1.29 is 46.8 Å². The molecule has 328 valence electrons. The van der Waals surface area contributed by atoms with Crippen LogP contribution in [-0.2, 0) is 37.5 Å². The number of unbranched alkanes of at least 4 members (excludes halogenated alkanes) is 14. The summed E-state index contributed by atoms with van der Waals surface area (Å²) in [7, 11) is 1.07. The first-order valence-electron chi connectivity index (χ1n) is 21.9. The summed E-state index contributed by atoms with van der Waals surface area (Å²) in [5, 5.41) is 0. The van der Waals surface area contributed by atoms with Crippen LogP contribution in [0.1, 0.15) is 162 Å². The van der Waals surface area contributed by atoms with Gasteiger partial charge in [-0.2, -0.15) is 0 Å². The molecule has 0 aliphatic rings. The van der Waals surface area contributed by atoms with E-state index in [2.05, 4.69) is 56.4 Å². The first-order chi connectivity index (χ1) is 27.4. The molecular formula is C46H80NO9P. The predicted molar refractivity (Wildman–Crippen MR) is 231 cm³/mol. The number of allylic oxidation sites excluding steroid dienone is 10. The van der Waals surface area contributed by atoms with Crippen LogP contribution in [0.4, 0.5) is 0 Å². The first-order valence-corrected chi connectivity index (χ1v) is 23.4. The maximum Gasteiger partial charge on any atom is 0.306 e. The van der Waals surface area contributed by atoms with Crippen molar-refractivity contribution in [1.82, 2.24) is 0 Å². The first kappa shape index (κ1) is 54.4. The van der Waals surface area contributed by atoms with Gasteiger partial charge in [0.1, 0.15) is 19.8 Å². The Morgan fingerprint density at radius 3 is 1.70 bits per heavy atom. The van der Waals surface area contributed by atoms with E-state index < -0.39 is 32.5 Å². The minimum atomic E-state index is -4.66. The molecule has 0 bridgehead atoms. The molecule has 57 heavy (non-hydrogen) atoms. The van der Waals surface area contributed by atoms with E-state index in [1.54, 1.807) is 6.08 Å². The molecule has 0 heterocycles. The number of ether oxygens (including phenoxy) is 2. The molecule has 0 saturated carbocycles. The summed E-state index contributed by atoms with van der Waals surface area (Å²) in [4.78, 5) is 49.6. The number of rotatable bonds is 39. The molecule has 0 N–H and O–H groups in total. The van der Waals surface area contributed by atoms with Crippen molar-refractivity contribution >= 4 is 25.5 Å². The molecule has 11 heteroatoms. The Morgan fingerprint density at radius 2 is 1.11 bits per heavy atom. The number of carbonyl (C=O) groups is 3. The lowest BCUT2D eigenvalue weighted by Gasteiger charge is -2.28. The smallest absolute Gasteiger partial charge is 0.306 e. The fourth-order valence-electron chi connectivity index (χ4n) is 5.46. The quantitative estimate of drug-likeness (QED) is 0.0113. The van der Waals surface area contributed by atoms with Crippen molar-refractivity contribution in [3.8, 4) is 0 Å². The van der Waals surface area contributed by atoms with Gasteiger partial charge in [-0.1, -0.05) is 126 Å². The van der Waals surface area contributed by atoms with Gasteiger partial charge in [-0.3, -0.25) is 18.9 Å². The Labute approximate surface area is 347 Å². The topological polar surface area (TPSA) is 128 Å². The van der Waals surface area contributed by atoms with Crippen LogP contribution in [0, 0.1) is 0 Å². The van der Waals surface area contributed by atoms with Crippen molar-refractivity contribution in [2.75, 3.05) is 47.5 Å². The van der Waals surface area contributed by atoms with Gasteiger partial charge in [0, 0.05) is 19.3 Å². The van der Waals surface area contributed by atoms with E-state index in [0.717, 1.165) is 70.6 Å². The highest BCUT2D eigenvalue weighted by Gasteiger charge is 2.21. The van der Waals surface area contributed by atoms with E-state index in [1.807, 2.05) is 33.3 Å². The summed E-state index contributed by atoms with van der Waals surface area (Å²) in [6, 6.07) is 0. The van der Waals surface area contributed by atoms with E-state index in [4.69, 9.17) is 18.5 Å². The van der Waals surface area contributed by atoms with Crippen LogP contribution in [0.3, 0.4) is 0 Å². The summed E-state index contributed by atoms with van der Waals surface area (Å²) >= 11 is 0. The minimum absolute atomic E-state index is 0.0594. The monoisotopic (exact) mass is 822 g/mol. The zero-order valence-electron chi connectivity index (χ0n) is 36.5. The number of phosphoric ester groups is 1. The van der Waals surface area contributed by atoms with Gasteiger partial charge in [-0.05, 0) is 76.7 Å². The molecule has 0 spiro atoms. The van der Waals surface area contributed by atoms with Gasteiger partial charge >= 0.3 is 11.9 Å². The van der Waals surface area contributed by atoms with Crippen LogP contribution in [0.2, 0.25) is 0 Å². The second-order valence-electron chi connectivity index (χ2n) is 15.7. The number of carbonyl (C=O) groups excluding carboxylic acids is 3. The van der Waals surface area contributed by atoms with Gasteiger partial charge in [0.25, 0.3) is 7.82 Å². The van der Waals surface area contributed by atoms with E-state index in [0.29, 0.717) is 30.3 Å². The van der Waals surface area contributed by atoms with Gasteiger partial charge in [0.05, 0.1) is 27.7 Å². The van der Waals surface area contributed by atoms with Crippen molar-refractivity contribution in [1.29, 1.82) is 0 Å². The van der Waals surface area contributed by atoms with Crippen LogP contribution in [0.5, 0.6) is 0 Å². The highest BCUT2D eigenvalue weighted by molar-refractivity contribution is 7.45. The normalized spacial score (nSPS) is 14.1. The summed E-state index contributed by atoms with van der Waals surface area (Å²) < 4.78 is 33.8. The van der Waals surface area contributed by atoms with Crippen LogP contribution in [0.25, 0.3) is 0 Å². The average molecular weight is 822 g/mol. The molecule has 0 aromatic carbocycles. The molecule has 0 aromatic rings. The number of phosphoric acid groups is 1. The Morgan fingerprint density at radius 1 is 0.596 bits per heavy atom. The van der Waals surface area contributed by atoms with E-state index in [9.17, 15) is 23.8 Å². The second-order valence-corrected chi connectivity index (χ2v) is 17.1.